The zero-order valence-corrected chi connectivity index (χ0v) is 29.5. The first-order chi connectivity index (χ1) is 24.7. The molecule has 10 heteroatoms. The molecule has 50 heavy (non-hydrogen) atoms. The number of morpholine rings is 2. The van der Waals surface area contributed by atoms with Crippen molar-refractivity contribution >= 4 is 22.1 Å². The van der Waals surface area contributed by atoms with Crippen molar-refractivity contribution in [3.63, 3.8) is 0 Å². The summed E-state index contributed by atoms with van der Waals surface area (Å²) in [5.41, 5.74) is 9.13. The van der Waals surface area contributed by atoms with Crippen LogP contribution in [0.25, 0.3) is 22.1 Å². The van der Waals surface area contributed by atoms with Crippen molar-refractivity contribution in [2.45, 2.75) is 76.8 Å². The van der Waals surface area contributed by atoms with E-state index in [1.54, 1.807) is 0 Å². The Balaban J connectivity index is 0.775. The van der Waals surface area contributed by atoms with Gasteiger partial charge < -0.3 is 23.5 Å². The first-order valence-electron chi connectivity index (χ1n) is 19.5. The third-order valence-electron chi connectivity index (χ3n) is 12.6. The van der Waals surface area contributed by atoms with E-state index in [0.29, 0.717) is 18.1 Å². The standard InChI is InChI=1S/C40H52N8O2/c1-2-10-45-11-13-47-36-9-5-30(22-35(36)41-39(47)23-32(45)3-1)26-44-17-20-50-38(28-44)31-6-7-33-24-40-42-34-21-29(25-43-15-18-49-19-16-43)4-8-37(34)48(40)14-12-46(33)27-31/h3-5,8-9,21-22,31,33,38H,1-2,6-7,10-20,23-28H2/t31?,33-,38?/m1/s1. The normalized spacial score (nSPS) is 26.9. The summed E-state index contributed by atoms with van der Waals surface area (Å²) in [5.74, 6) is 3.08. The molecule has 3 saturated heterocycles. The van der Waals surface area contributed by atoms with E-state index in [-0.39, 0.29) is 0 Å². The third-order valence-corrected chi connectivity index (χ3v) is 12.6. The molecule has 2 unspecified atom stereocenters. The number of benzene rings is 2. The SMILES string of the molecule is C1=C2Cc3nc4cc(CN5CCOC(C6CC[C@@H]7Cc8nc9cc(CN%10CCOCC%10)ccc9n8CCN7C6)C5)ccc4n3CCN2CCC1. The van der Waals surface area contributed by atoms with Crippen molar-refractivity contribution in [1.82, 2.24) is 38.7 Å². The fraction of sp³-hybridized carbons (Fsp3) is 0.600. The van der Waals surface area contributed by atoms with Crippen LogP contribution in [0.5, 0.6) is 0 Å². The number of allylic oxidation sites excluding steroid dienone is 2. The van der Waals surface area contributed by atoms with Gasteiger partial charge in [-0.1, -0.05) is 18.2 Å². The van der Waals surface area contributed by atoms with Crippen LogP contribution in [0.3, 0.4) is 0 Å². The lowest BCUT2D eigenvalue weighted by atomic mass is 9.86. The van der Waals surface area contributed by atoms with E-state index in [9.17, 15) is 0 Å². The van der Waals surface area contributed by atoms with Crippen LogP contribution in [0.2, 0.25) is 0 Å². The highest BCUT2D eigenvalue weighted by Crippen LogP contribution is 2.33. The lowest BCUT2D eigenvalue weighted by Crippen LogP contribution is -2.52. The van der Waals surface area contributed by atoms with Crippen molar-refractivity contribution in [1.29, 1.82) is 0 Å². The number of nitrogens with zero attached hydrogens (tertiary/aromatic N) is 8. The minimum absolute atomic E-state index is 0.301. The van der Waals surface area contributed by atoms with E-state index in [2.05, 4.69) is 71.2 Å². The summed E-state index contributed by atoms with van der Waals surface area (Å²) >= 11 is 0. The van der Waals surface area contributed by atoms with E-state index in [1.807, 2.05) is 0 Å². The summed E-state index contributed by atoms with van der Waals surface area (Å²) in [6, 6.07) is 14.6. The van der Waals surface area contributed by atoms with Gasteiger partial charge in [0.15, 0.2) is 0 Å². The van der Waals surface area contributed by atoms with Gasteiger partial charge in [-0.25, -0.2) is 9.97 Å². The molecule has 3 fully saturated rings. The quantitative estimate of drug-likeness (QED) is 0.311. The molecule has 0 aliphatic carbocycles. The van der Waals surface area contributed by atoms with Crippen molar-refractivity contribution in [3.8, 4) is 0 Å². The second-order valence-electron chi connectivity index (χ2n) is 15.7. The zero-order valence-electron chi connectivity index (χ0n) is 29.5. The van der Waals surface area contributed by atoms with E-state index in [4.69, 9.17) is 19.4 Å². The molecule has 6 aliphatic rings. The van der Waals surface area contributed by atoms with E-state index in [0.717, 1.165) is 110 Å². The van der Waals surface area contributed by atoms with Gasteiger partial charge in [0, 0.05) is 103 Å². The van der Waals surface area contributed by atoms with Gasteiger partial charge in [-0.3, -0.25) is 14.7 Å². The van der Waals surface area contributed by atoms with Gasteiger partial charge in [-0.15, -0.1) is 0 Å². The number of imidazole rings is 2. The molecule has 0 amide bonds. The molecular formula is C40H52N8O2. The molecule has 0 bridgehead atoms. The first kappa shape index (κ1) is 31.5. The molecule has 0 spiro atoms. The number of rotatable bonds is 5. The third kappa shape index (κ3) is 6.06. The molecule has 10 nitrogen and oxygen atoms in total. The Labute approximate surface area is 295 Å². The Morgan fingerprint density at radius 2 is 1.44 bits per heavy atom. The number of fused-ring (bicyclic) bond motifs is 8. The summed E-state index contributed by atoms with van der Waals surface area (Å²) < 4.78 is 17.1. The van der Waals surface area contributed by atoms with Gasteiger partial charge in [0.05, 0.1) is 48.0 Å². The second kappa shape index (κ2) is 13.4. The van der Waals surface area contributed by atoms with Crippen molar-refractivity contribution in [2.75, 3.05) is 72.2 Å². The van der Waals surface area contributed by atoms with Crippen LogP contribution in [0.15, 0.2) is 48.2 Å². The molecule has 6 aliphatic heterocycles. The predicted octanol–water partition coefficient (Wildman–Crippen LogP) is 4.29. The van der Waals surface area contributed by atoms with Crippen molar-refractivity contribution in [2.24, 2.45) is 5.92 Å². The Kier molecular flexibility index (Phi) is 8.41. The maximum atomic E-state index is 6.53. The van der Waals surface area contributed by atoms with Gasteiger partial charge in [0.25, 0.3) is 0 Å². The fourth-order valence-corrected chi connectivity index (χ4v) is 9.90. The molecule has 0 saturated carbocycles. The summed E-state index contributed by atoms with van der Waals surface area (Å²) in [7, 11) is 0. The number of hydrogen-bond acceptors (Lipinski definition) is 8. The van der Waals surface area contributed by atoms with Gasteiger partial charge in [-0.2, -0.15) is 0 Å². The topological polar surface area (TPSA) is 67.1 Å². The molecule has 8 heterocycles. The second-order valence-corrected chi connectivity index (χ2v) is 15.7. The molecular weight excluding hydrogens is 624 g/mol. The highest BCUT2D eigenvalue weighted by atomic mass is 16.5. The van der Waals surface area contributed by atoms with Crippen LogP contribution >= 0.6 is 0 Å². The average molecular weight is 677 g/mol. The van der Waals surface area contributed by atoms with Crippen LogP contribution in [0.1, 0.15) is 48.5 Å². The fourth-order valence-electron chi connectivity index (χ4n) is 9.90. The van der Waals surface area contributed by atoms with Crippen LogP contribution in [-0.2, 0) is 48.5 Å². The Hall–Kier alpha value is -3.28. The minimum atomic E-state index is 0.301. The molecule has 0 N–H and O–H groups in total. The highest BCUT2D eigenvalue weighted by molar-refractivity contribution is 5.78. The smallest absolute Gasteiger partial charge is 0.115 e. The number of hydrogen-bond donors (Lipinski definition) is 0. The maximum absolute atomic E-state index is 6.53. The molecule has 10 rings (SSSR count). The minimum Gasteiger partial charge on any atom is -0.379 e. The monoisotopic (exact) mass is 676 g/mol. The largest absolute Gasteiger partial charge is 0.379 e. The van der Waals surface area contributed by atoms with Crippen LogP contribution in [-0.4, -0.2) is 123 Å². The van der Waals surface area contributed by atoms with E-state index >= 15 is 0 Å². The molecule has 2 aromatic heterocycles. The number of piperidine rings is 1. The van der Waals surface area contributed by atoms with Gasteiger partial charge >= 0.3 is 0 Å². The predicted molar refractivity (Wildman–Crippen MR) is 195 cm³/mol. The van der Waals surface area contributed by atoms with Gasteiger partial charge in [0.2, 0.25) is 0 Å². The first-order valence-corrected chi connectivity index (χ1v) is 19.5. The summed E-state index contributed by atoms with van der Waals surface area (Å²) in [6.45, 7) is 15.1. The van der Waals surface area contributed by atoms with Crippen LogP contribution < -0.4 is 0 Å². The van der Waals surface area contributed by atoms with E-state index < -0.39 is 0 Å². The van der Waals surface area contributed by atoms with E-state index in [1.165, 1.54) is 77.3 Å². The lowest BCUT2D eigenvalue weighted by molar-refractivity contribution is -0.0794. The Bertz CT molecular complexity index is 1890. The summed E-state index contributed by atoms with van der Waals surface area (Å²) in [6.07, 6.45) is 9.71. The Morgan fingerprint density at radius 3 is 2.28 bits per heavy atom. The van der Waals surface area contributed by atoms with Crippen LogP contribution in [0.4, 0.5) is 0 Å². The molecule has 2 aromatic carbocycles. The van der Waals surface area contributed by atoms with Crippen molar-refractivity contribution in [3.05, 3.63) is 70.9 Å². The van der Waals surface area contributed by atoms with Gasteiger partial charge in [-0.05, 0) is 67.0 Å². The lowest BCUT2D eigenvalue weighted by Gasteiger charge is -2.44. The summed E-state index contributed by atoms with van der Waals surface area (Å²) in [5, 5.41) is 0. The zero-order chi connectivity index (χ0) is 33.0. The molecule has 4 aromatic rings. The molecule has 264 valence electrons. The Morgan fingerprint density at radius 1 is 0.700 bits per heavy atom. The maximum Gasteiger partial charge on any atom is 0.115 e. The van der Waals surface area contributed by atoms with Crippen LogP contribution in [0, 0.1) is 5.92 Å². The average Bonchev–Trinajstić information content (AvgIpc) is 3.51. The summed E-state index contributed by atoms with van der Waals surface area (Å²) in [4.78, 5) is 20.9. The highest BCUT2D eigenvalue weighted by Gasteiger charge is 2.37. The molecule has 0 radical (unpaired) electrons. The molecule has 3 atom stereocenters. The van der Waals surface area contributed by atoms with Gasteiger partial charge in [0.1, 0.15) is 11.6 Å². The number of aromatic nitrogens is 4. The van der Waals surface area contributed by atoms with Crippen molar-refractivity contribution < 1.29 is 9.47 Å². The number of ether oxygens (including phenoxy) is 2.